The minimum Gasteiger partial charge on any atom is -0.475 e. The summed E-state index contributed by atoms with van der Waals surface area (Å²) in [7, 11) is 0. The summed E-state index contributed by atoms with van der Waals surface area (Å²) in [6.07, 6.45) is 11.5. The average molecular weight is 253 g/mol. The Balaban J connectivity index is 2.13. The highest BCUT2D eigenvalue weighted by Crippen LogP contribution is 2.24. The molecule has 1 aromatic heterocycles. The lowest BCUT2D eigenvalue weighted by Gasteiger charge is -2.14. The van der Waals surface area contributed by atoms with Gasteiger partial charge in [-0.25, -0.2) is 0 Å². The molecule has 2 heteroatoms. The SMILES string of the molecule is C#C[C@@H](CCCCC)Oc1cccc2cccnc12. The van der Waals surface area contributed by atoms with Crippen LogP contribution in [0.2, 0.25) is 0 Å². The van der Waals surface area contributed by atoms with Crippen LogP contribution >= 0.6 is 0 Å². The highest BCUT2D eigenvalue weighted by molar-refractivity contribution is 5.84. The molecule has 0 unspecified atom stereocenters. The van der Waals surface area contributed by atoms with E-state index in [0.29, 0.717) is 0 Å². The normalized spacial score (nSPS) is 12.0. The molecule has 0 N–H and O–H groups in total. The van der Waals surface area contributed by atoms with Crippen LogP contribution in [0.25, 0.3) is 10.9 Å². The molecule has 0 spiro atoms. The Morgan fingerprint density at radius 3 is 2.89 bits per heavy atom. The number of hydrogen-bond donors (Lipinski definition) is 0. The summed E-state index contributed by atoms with van der Waals surface area (Å²) in [5.41, 5.74) is 0.876. The molecular weight excluding hydrogens is 234 g/mol. The molecule has 0 saturated heterocycles. The molecule has 1 heterocycles. The van der Waals surface area contributed by atoms with Gasteiger partial charge in [0.1, 0.15) is 11.3 Å². The zero-order chi connectivity index (χ0) is 13.5. The molecule has 0 amide bonds. The number of fused-ring (bicyclic) bond motifs is 1. The zero-order valence-electron chi connectivity index (χ0n) is 11.3. The van der Waals surface area contributed by atoms with E-state index in [2.05, 4.69) is 17.8 Å². The van der Waals surface area contributed by atoms with Gasteiger partial charge in [0.2, 0.25) is 0 Å². The van der Waals surface area contributed by atoms with Crippen molar-refractivity contribution in [1.82, 2.24) is 4.98 Å². The van der Waals surface area contributed by atoms with Crippen LogP contribution in [0.3, 0.4) is 0 Å². The summed E-state index contributed by atoms with van der Waals surface area (Å²) >= 11 is 0. The number of aromatic nitrogens is 1. The smallest absolute Gasteiger partial charge is 0.159 e. The van der Waals surface area contributed by atoms with E-state index in [9.17, 15) is 0 Å². The first-order valence-electron chi connectivity index (χ1n) is 6.81. The average Bonchev–Trinajstić information content (AvgIpc) is 2.46. The van der Waals surface area contributed by atoms with Gasteiger partial charge in [-0.15, -0.1) is 6.42 Å². The van der Waals surface area contributed by atoms with Crippen LogP contribution in [0.4, 0.5) is 0 Å². The van der Waals surface area contributed by atoms with Crippen molar-refractivity contribution in [3.8, 4) is 18.1 Å². The summed E-state index contributed by atoms with van der Waals surface area (Å²) in [6.45, 7) is 2.18. The Hall–Kier alpha value is -2.01. The van der Waals surface area contributed by atoms with Crippen LogP contribution in [0.1, 0.15) is 32.6 Å². The van der Waals surface area contributed by atoms with Gasteiger partial charge in [-0.3, -0.25) is 4.98 Å². The van der Waals surface area contributed by atoms with E-state index in [1.165, 1.54) is 12.8 Å². The molecule has 98 valence electrons. The lowest BCUT2D eigenvalue weighted by molar-refractivity contribution is 0.245. The Bertz CT molecular complexity index is 565. The van der Waals surface area contributed by atoms with E-state index in [-0.39, 0.29) is 6.10 Å². The molecule has 0 bridgehead atoms. The molecule has 0 aliphatic rings. The second-order valence-electron chi connectivity index (χ2n) is 4.60. The molecular formula is C17H19NO. The third-order valence-corrected chi connectivity index (χ3v) is 3.12. The molecule has 2 nitrogen and oxygen atoms in total. The Labute approximate surface area is 114 Å². The van der Waals surface area contributed by atoms with Gasteiger partial charge >= 0.3 is 0 Å². The summed E-state index contributed by atoms with van der Waals surface area (Å²) in [5, 5.41) is 1.07. The highest BCUT2D eigenvalue weighted by atomic mass is 16.5. The van der Waals surface area contributed by atoms with Crippen LogP contribution in [-0.2, 0) is 0 Å². The van der Waals surface area contributed by atoms with E-state index < -0.39 is 0 Å². The van der Waals surface area contributed by atoms with Crippen molar-refractivity contribution in [3.63, 3.8) is 0 Å². The lowest BCUT2D eigenvalue weighted by Crippen LogP contribution is -2.14. The maximum absolute atomic E-state index is 5.92. The van der Waals surface area contributed by atoms with Crippen molar-refractivity contribution in [2.24, 2.45) is 0 Å². The molecule has 0 saturated carbocycles. The molecule has 1 aromatic carbocycles. The summed E-state index contributed by atoms with van der Waals surface area (Å²) in [6, 6.07) is 9.87. The second kappa shape index (κ2) is 6.80. The molecule has 2 aromatic rings. The van der Waals surface area contributed by atoms with Gasteiger partial charge in [-0.2, -0.15) is 0 Å². The quantitative estimate of drug-likeness (QED) is 0.568. The minimum absolute atomic E-state index is 0.167. The van der Waals surface area contributed by atoms with Gasteiger partial charge in [0.15, 0.2) is 6.10 Å². The summed E-state index contributed by atoms with van der Waals surface area (Å²) in [5.74, 6) is 3.50. The van der Waals surface area contributed by atoms with Crippen LogP contribution in [0.15, 0.2) is 36.5 Å². The van der Waals surface area contributed by atoms with Crippen LogP contribution in [-0.4, -0.2) is 11.1 Å². The van der Waals surface area contributed by atoms with E-state index in [1.54, 1.807) is 6.20 Å². The monoisotopic (exact) mass is 253 g/mol. The van der Waals surface area contributed by atoms with Crippen LogP contribution in [0, 0.1) is 12.3 Å². The molecule has 1 atom stereocenters. The number of terminal acetylenes is 1. The Morgan fingerprint density at radius 1 is 1.26 bits per heavy atom. The van der Waals surface area contributed by atoms with Gasteiger partial charge in [-0.1, -0.05) is 43.9 Å². The number of rotatable bonds is 6. The van der Waals surface area contributed by atoms with E-state index in [1.807, 2.05) is 30.3 Å². The fraction of sp³-hybridized carbons (Fsp3) is 0.353. The number of para-hydroxylation sites is 1. The van der Waals surface area contributed by atoms with Gasteiger partial charge in [0.05, 0.1) is 0 Å². The van der Waals surface area contributed by atoms with Gasteiger partial charge in [0, 0.05) is 11.6 Å². The fourth-order valence-corrected chi connectivity index (χ4v) is 2.08. The third kappa shape index (κ3) is 3.48. The molecule has 2 rings (SSSR count). The lowest BCUT2D eigenvalue weighted by atomic mass is 10.1. The fourth-order valence-electron chi connectivity index (χ4n) is 2.08. The first-order valence-corrected chi connectivity index (χ1v) is 6.81. The Morgan fingerprint density at radius 2 is 2.11 bits per heavy atom. The van der Waals surface area contributed by atoms with E-state index in [0.717, 1.165) is 29.5 Å². The van der Waals surface area contributed by atoms with Crippen molar-refractivity contribution >= 4 is 10.9 Å². The second-order valence-corrected chi connectivity index (χ2v) is 4.60. The van der Waals surface area contributed by atoms with Crippen molar-refractivity contribution < 1.29 is 4.74 Å². The van der Waals surface area contributed by atoms with Crippen molar-refractivity contribution in [1.29, 1.82) is 0 Å². The van der Waals surface area contributed by atoms with E-state index in [4.69, 9.17) is 11.2 Å². The predicted octanol–water partition coefficient (Wildman–Crippen LogP) is 4.20. The first-order chi connectivity index (χ1) is 9.35. The Kier molecular flexibility index (Phi) is 4.80. The van der Waals surface area contributed by atoms with Crippen molar-refractivity contribution in [3.05, 3.63) is 36.5 Å². The number of pyridine rings is 1. The first kappa shape index (κ1) is 13.4. The van der Waals surface area contributed by atoms with Crippen molar-refractivity contribution in [2.75, 3.05) is 0 Å². The largest absolute Gasteiger partial charge is 0.475 e. The van der Waals surface area contributed by atoms with Crippen LogP contribution in [0.5, 0.6) is 5.75 Å². The predicted molar refractivity (Wildman–Crippen MR) is 79.1 cm³/mol. The number of benzene rings is 1. The molecule has 19 heavy (non-hydrogen) atoms. The summed E-state index contributed by atoms with van der Waals surface area (Å²) in [4.78, 5) is 4.37. The van der Waals surface area contributed by atoms with Crippen LogP contribution < -0.4 is 4.74 Å². The zero-order valence-corrected chi connectivity index (χ0v) is 11.3. The molecule has 0 radical (unpaired) electrons. The number of nitrogens with zero attached hydrogens (tertiary/aromatic N) is 1. The third-order valence-electron chi connectivity index (χ3n) is 3.12. The molecule has 0 fully saturated rings. The van der Waals surface area contributed by atoms with Gasteiger partial charge in [0.25, 0.3) is 0 Å². The highest BCUT2D eigenvalue weighted by Gasteiger charge is 2.09. The molecule has 0 aliphatic carbocycles. The minimum atomic E-state index is -0.167. The topological polar surface area (TPSA) is 22.1 Å². The van der Waals surface area contributed by atoms with E-state index >= 15 is 0 Å². The van der Waals surface area contributed by atoms with Crippen molar-refractivity contribution in [2.45, 2.75) is 38.7 Å². The number of hydrogen-bond acceptors (Lipinski definition) is 2. The number of unbranched alkanes of at least 4 members (excludes halogenated alkanes) is 2. The summed E-state index contributed by atoms with van der Waals surface area (Å²) < 4.78 is 5.92. The maximum atomic E-state index is 5.92. The van der Waals surface area contributed by atoms with Gasteiger partial charge in [-0.05, 0) is 25.0 Å². The standard InChI is InChI=1S/C17H19NO/c1-3-5-6-11-15(4-2)19-16-12-7-9-14-10-8-13-18-17(14)16/h2,7-10,12-13,15H,3,5-6,11H2,1H3/t15-/m0/s1. The molecule has 0 aliphatic heterocycles. The van der Waals surface area contributed by atoms with Gasteiger partial charge < -0.3 is 4.74 Å². The maximum Gasteiger partial charge on any atom is 0.159 e. The number of ether oxygens (including phenoxy) is 1.